The predicted molar refractivity (Wildman–Crippen MR) is 67.2 cm³/mol. The number of rotatable bonds is 6. The maximum Gasteiger partial charge on any atom is 0.238 e. The largest absolute Gasteiger partial charge is 0.396 e. The summed E-state index contributed by atoms with van der Waals surface area (Å²) >= 11 is 0. The van der Waals surface area contributed by atoms with E-state index in [9.17, 15) is 8.42 Å². The lowest BCUT2D eigenvalue weighted by Crippen LogP contribution is -2.16. The van der Waals surface area contributed by atoms with Crippen LogP contribution in [0.5, 0.6) is 0 Å². The third kappa shape index (κ3) is 4.72. The minimum Gasteiger partial charge on any atom is -0.396 e. The van der Waals surface area contributed by atoms with Crippen molar-refractivity contribution in [1.82, 2.24) is 0 Å². The van der Waals surface area contributed by atoms with Crippen molar-refractivity contribution in [1.29, 1.82) is 0 Å². The maximum absolute atomic E-state index is 11.0. The van der Waals surface area contributed by atoms with E-state index >= 15 is 0 Å². The predicted octanol–water partition coefficient (Wildman–Crippen LogP) is 0.907. The first kappa shape index (κ1) is 14.0. The van der Waals surface area contributed by atoms with Gasteiger partial charge >= 0.3 is 0 Å². The molecule has 0 aromatic heterocycles. The molecule has 1 unspecified atom stereocenters. The van der Waals surface area contributed by atoms with Crippen LogP contribution in [0.2, 0.25) is 0 Å². The molecule has 96 valence electrons. The molecular weight excluding hydrogens is 240 g/mol. The van der Waals surface area contributed by atoms with Crippen LogP contribution in [-0.4, -0.2) is 26.2 Å². The average Bonchev–Trinajstić information content (AvgIpc) is 2.26. The quantitative estimate of drug-likeness (QED) is 0.707. The summed E-state index contributed by atoms with van der Waals surface area (Å²) in [6.45, 7) is 2.18. The van der Waals surface area contributed by atoms with E-state index in [1.165, 1.54) is 12.1 Å². The van der Waals surface area contributed by atoms with Gasteiger partial charge in [-0.2, -0.15) is 0 Å². The van der Waals surface area contributed by atoms with Gasteiger partial charge in [0, 0.05) is 18.3 Å². The van der Waals surface area contributed by atoms with E-state index < -0.39 is 10.0 Å². The topological polar surface area (TPSA) is 92.4 Å². The Labute approximate surface area is 102 Å². The summed E-state index contributed by atoms with van der Waals surface area (Å²) in [5.41, 5.74) is 0.836. The van der Waals surface area contributed by atoms with E-state index in [2.05, 4.69) is 5.32 Å². The first-order chi connectivity index (χ1) is 7.93. The van der Waals surface area contributed by atoms with Crippen molar-refractivity contribution >= 4 is 15.7 Å². The van der Waals surface area contributed by atoms with Crippen LogP contribution < -0.4 is 10.5 Å². The number of anilines is 1. The lowest BCUT2D eigenvalue weighted by Gasteiger charge is -2.14. The molecule has 0 aliphatic carbocycles. The van der Waals surface area contributed by atoms with Gasteiger partial charge in [0.05, 0.1) is 4.90 Å². The second-order valence-electron chi connectivity index (χ2n) is 3.98. The third-order valence-electron chi connectivity index (χ3n) is 2.39. The molecule has 0 heterocycles. The van der Waals surface area contributed by atoms with Gasteiger partial charge in [0.1, 0.15) is 0 Å². The highest BCUT2D eigenvalue weighted by Gasteiger charge is 2.07. The van der Waals surface area contributed by atoms with Crippen LogP contribution in [0.15, 0.2) is 29.2 Å². The minimum absolute atomic E-state index is 0.103. The van der Waals surface area contributed by atoms with Crippen molar-refractivity contribution in [3.63, 3.8) is 0 Å². The van der Waals surface area contributed by atoms with Crippen LogP contribution in [0.1, 0.15) is 19.8 Å². The molecule has 1 atom stereocenters. The van der Waals surface area contributed by atoms with Gasteiger partial charge < -0.3 is 10.4 Å². The summed E-state index contributed by atoms with van der Waals surface area (Å²) in [5, 5.41) is 16.9. The second kappa shape index (κ2) is 6.00. The molecule has 1 aromatic rings. The van der Waals surface area contributed by atoms with Crippen molar-refractivity contribution in [2.45, 2.75) is 30.7 Å². The normalized spacial score (nSPS) is 13.4. The number of aliphatic hydroxyl groups is 1. The zero-order valence-corrected chi connectivity index (χ0v) is 10.6. The van der Waals surface area contributed by atoms with Crippen LogP contribution in [0.4, 0.5) is 5.69 Å². The van der Waals surface area contributed by atoms with E-state index in [0.29, 0.717) is 0 Å². The van der Waals surface area contributed by atoms with Gasteiger partial charge in [-0.15, -0.1) is 0 Å². The van der Waals surface area contributed by atoms with Crippen molar-refractivity contribution < 1.29 is 13.5 Å². The fourth-order valence-electron chi connectivity index (χ4n) is 1.49. The molecule has 0 radical (unpaired) electrons. The van der Waals surface area contributed by atoms with E-state index in [-0.39, 0.29) is 17.5 Å². The van der Waals surface area contributed by atoms with Gasteiger partial charge in [0.25, 0.3) is 0 Å². The number of hydrogen-bond acceptors (Lipinski definition) is 4. The van der Waals surface area contributed by atoms with E-state index in [1.807, 2.05) is 6.92 Å². The maximum atomic E-state index is 11.0. The van der Waals surface area contributed by atoms with E-state index in [1.54, 1.807) is 12.1 Å². The van der Waals surface area contributed by atoms with Crippen LogP contribution in [0, 0.1) is 0 Å². The number of hydrogen-bond donors (Lipinski definition) is 3. The monoisotopic (exact) mass is 258 g/mol. The fourth-order valence-corrected chi connectivity index (χ4v) is 2.01. The molecule has 0 spiro atoms. The summed E-state index contributed by atoms with van der Waals surface area (Å²) in [6, 6.07) is 6.51. The van der Waals surface area contributed by atoms with Gasteiger partial charge in [-0.3, -0.25) is 0 Å². The fraction of sp³-hybridized carbons (Fsp3) is 0.455. The van der Waals surface area contributed by atoms with Crippen molar-refractivity contribution in [3.05, 3.63) is 24.3 Å². The molecule has 0 saturated carbocycles. The number of nitrogens with one attached hydrogen (secondary N) is 1. The van der Waals surface area contributed by atoms with Crippen LogP contribution >= 0.6 is 0 Å². The standard InChI is InChI=1S/C11H18N2O3S/c1-9(3-2-8-14)13-10-4-6-11(7-5-10)17(12,15)16/h4-7,9,13-14H,2-3,8H2,1H3,(H2,12,15,16). The molecular formula is C11H18N2O3S. The van der Waals surface area contributed by atoms with Gasteiger partial charge in [-0.25, -0.2) is 13.6 Å². The summed E-state index contributed by atoms with van der Waals surface area (Å²) in [4.78, 5) is 0.103. The number of aliphatic hydroxyl groups excluding tert-OH is 1. The smallest absolute Gasteiger partial charge is 0.238 e. The second-order valence-corrected chi connectivity index (χ2v) is 5.54. The molecule has 0 bridgehead atoms. The lowest BCUT2D eigenvalue weighted by molar-refractivity contribution is 0.282. The Bertz CT molecular complexity index is 442. The molecule has 0 aliphatic rings. The SMILES string of the molecule is CC(CCCO)Nc1ccc(S(N)(=O)=O)cc1. The Morgan fingerprint density at radius 2 is 1.94 bits per heavy atom. The van der Waals surface area contributed by atoms with Gasteiger partial charge in [0.15, 0.2) is 0 Å². The molecule has 6 heteroatoms. The zero-order valence-electron chi connectivity index (χ0n) is 9.76. The first-order valence-corrected chi connectivity index (χ1v) is 6.98. The summed E-state index contributed by atoms with van der Waals surface area (Å²) < 4.78 is 22.1. The Morgan fingerprint density at radius 1 is 1.35 bits per heavy atom. The minimum atomic E-state index is -3.62. The number of sulfonamides is 1. The Morgan fingerprint density at radius 3 is 2.41 bits per heavy atom. The molecule has 1 aromatic carbocycles. The summed E-state index contributed by atoms with van der Waals surface area (Å²) in [7, 11) is -3.62. The molecule has 0 aliphatic heterocycles. The van der Waals surface area contributed by atoms with E-state index in [4.69, 9.17) is 10.2 Å². The zero-order chi connectivity index (χ0) is 12.9. The third-order valence-corrected chi connectivity index (χ3v) is 3.32. The molecule has 1 rings (SSSR count). The van der Waals surface area contributed by atoms with Gasteiger partial charge in [-0.05, 0) is 44.0 Å². The van der Waals surface area contributed by atoms with E-state index in [0.717, 1.165) is 18.5 Å². The van der Waals surface area contributed by atoms with Crippen LogP contribution in [0.25, 0.3) is 0 Å². The summed E-state index contributed by atoms with van der Waals surface area (Å²) in [5.74, 6) is 0. The number of nitrogens with two attached hydrogens (primary N) is 1. The highest BCUT2D eigenvalue weighted by atomic mass is 32.2. The Hall–Kier alpha value is -1.11. The van der Waals surface area contributed by atoms with Gasteiger partial charge in [-0.1, -0.05) is 0 Å². The van der Waals surface area contributed by atoms with Crippen molar-refractivity contribution in [2.75, 3.05) is 11.9 Å². The van der Waals surface area contributed by atoms with Crippen molar-refractivity contribution in [3.8, 4) is 0 Å². The molecule has 0 saturated heterocycles. The van der Waals surface area contributed by atoms with Gasteiger partial charge in [0.2, 0.25) is 10.0 Å². The molecule has 0 fully saturated rings. The number of benzene rings is 1. The number of primary sulfonamides is 1. The highest BCUT2D eigenvalue weighted by molar-refractivity contribution is 7.89. The van der Waals surface area contributed by atoms with Crippen LogP contribution in [0.3, 0.4) is 0 Å². The van der Waals surface area contributed by atoms with Crippen LogP contribution in [-0.2, 0) is 10.0 Å². The average molecular weight is 258 g/mol. The molecule has 5 nitrogen and oxygen atoms in total. The molecule has 0 amide bonds. The summed E-state index contributed by atoms with van der Waals surface area (Å²) in [6.07, 6.45) is 1.59. The molecule has 4 N–H and O–H groups in total. The van der Waals surface area contributed by atoms with Crippen molar-refractivity contribution in [2.24, 2.45) is 5.14 Å². The molecule has 17 heavy (non-hydrogen) atoms. The Balaban J connectivity index is 2.63. The lowest BCUT2D eigenvalue weighted by atomic mass is 10.2. The first-order valence-electron chi connectivity index (χ1n) is 5.44. The highest BCUT2D eigenvalue weighted by Crippen LogP contribution is 2.14. The Kier molecular flexibility index (Phi) is 4.92.